The van der Waals surface area contributed by atoms with E-state index in [0.29, 0.717) is 5.56 Å². The molecule has 2 aromatic rings. The Morgan fingerprint density at radius 3 is 2.76 bits per heavy atom. The number of carboxylic acid groups (broad SMARTS) is 1. The molecule has 1 aromatic heterocycles. The summed E-state index contributed by atoms with van der Waals surface area (Å²) in [6, 6.07) is 5.32. The molecule has 7 nitrogen and oxygen atoms in total. The molecule has 0 saturated carbocycles. The Balaban J connectivity index is 2.16. The third-order valence-corrected chi connectivity index (χ3v) is 2.97. The predicted octanol–water partition coefficient (Wildman–Crippen LogP) is 3.43. The highest BCUT2D eigenvalue weighted by Gasteiger charge is 2.16. The van der Waals surface area contributed by atoms with Crippen molar-refractivity contribution in [2.75, 3.05) is 0 Å². The van der Waals surface area contributed by atoms with Gasteiger partial charge in [0, 0.05) is 11.6 Å². The Morgan fingerprint density at radius 2 is 2.19 bits per heavy atom. The molecule has 110 valence electrons. The number of ether oxygens (including phenoxy) is 1. The number of halogens is 1. The van der Waals surface area contributed by atoms with Gasteiger partial charge in [0.15, 0.2) is 0 Å². The first-order valence-electron chi connectivity index (χ1n) is 5.78. The number of nitrogens with zero attached hydrogens (tertiary/aromatic N) is 1. The number of non-ortho nitro benzene ring substituents is 1. The van der Waals surface area contributed by atoms with Crippen molar-refractivity contribution in [3.8, 4) is 5.75 Å². The summed E-state index contributed by atoms with van der Waals surface area (Å²) >= 11 is 5.88. The van der Waals surface area contributed by atoms with Gasteiger partial charge in [0.05, 0.1) is 16.0 Å². The van der Waals surface area contributed by atoms with Crippen molar-refractivity contribution in [2.45, 2.75) is 13.5 Å². The molecule has 8 heteroatoms. The average molecular weight is 312 g/mol. The first-order chi connectivity index (χ1) is 9.88. The minimum absolute atomic E-state index is 0.0883. The number of aromatic carboxylic acids is 1. The van der Waals surface area contributed by atoms with E-state index in [1.807, 2.05) is 0 Å². The minimum atomic E-state index is -1.17. The van der Waals surface area contributed by atoms with Gasteiger partial charge in [-0.2, -0.15) is 0 Å². The largest absolute Gasteiger partial charge is 0.484 e. The van der Waals surface area contributed by atoms with Gasteiger partial charge in [-0.25, -0.2) is 4.79 Å². The number of benzene rings is 1. The molecule has 0 bridgehead atoms. The second-order valence-electron chi connectivity index (χ2n) is 4.19. The first kappa shape index (κ1) is 14.9. The molecule has 1 N–H and O–H groups in total. The topological polar surface area (TPSA) is 103 Å². The quantitative estimate of drug-likeness (QED) is 0.670. The van der Waals surface area contributed by atoms with Crippen LogP contribution >= 0.6 is 11.6 Å². The number of carbonyl (C=O) groups is 1. The van der Waals surface area contributed by atoms with Gasteiger partial charge in [0.25, 0.3) is 5.69 Å². The van der Waals surface area contributed by atoms with Crippen molar-refractivity contribution in [3.05, 3.63) is 56.5 Å². The van der Waals surface area contributed by atoms with Gasteiger partial charge in [-0.1, -0.05) is 11.6 Å². The van der Waals surface area contributed by atoms with Crippen molar-refractivity contribution in [3.63, 3.8) is 0 Å². The maximum atomic E-state index is 10.9. The Labute approximate surface area is 123 Å². The van der Waals surface area contributed by atoms with Crippen LogP contribution in [0.2, 0.25) is 5.02 Å². The van der Waals surface area contributed by atoms with Gasteiger partial charge >= 0.3 is 5.97 Å². The highest BCUT2D eigenvalue weighted by molar-refractivity contribution is 6.32. The summed E-state index contributed by atoms with van der Waals surface area (Å²) in [5.74, 6) is -0.935. The molecule has 0 spiro atoms. The maximum absolute atomic E-state index is 10.9. The molecule has 0 amide bonds. The monoisotopic (exact) mass is 311 g/mol. The first-order valence-corrected chi connectivity index (χ1v) is 6.15. The van der Waals surface area contributed by atoms with E-state index in [1.54, 1.807) is 6.92 Å². The fourth-order valence-corrected chi connectivity index (χ4v) is 1.87. The van der Waals surface area contributed by atoms with Gasteiger partial charge < -0.3 is 14.3 Å². The molecule has 2 rings (SSSR count). The molecule has 0 aliphatic heterocycles. The van der Waals surface area contributed by atoms with Crippen molar-refractivity contribution < 1.29 is 24.0 Å². The maximum Gasteiger partial charge on any atom is 0.372 e. The molecule has 0 unspecified atom stereocenters. The molecule has 21 heavy (non-hydrogen) atoms. The zero-order valence-corrected chi connectivity index (χ0v) is 11.6. The summed E-state index contributed by atoms with van der Waals surface area (Å²) in [6.45, 7) is 1.51. The summed E-state index contributed by atoms with van der Waals surface area (Å²) in [5.41, 5.74) is 0.308. The van der Waals surface area contributed by atoms with E-state index in [0.717, 1.165) is 0 Å². The van der Waals surface area contributed by atoms with E-state index in [9.17, 15) is 14.9 Å². The van der Waals surface area contributed by atoms with Crippen LogP contribution in [0.15, 0.2) is 28.7 Å². The van der Waals surface area contributed by atoms with Gasteiger partial charge in [0.1, 0.15) is 18.1 Å². The van der Waals surface area contributed by atoms with Gasteiger partial charge in [0.2, 0.25) is 5.76 Å². The lowest BCUT2D eigenvalue weighted by molar-refractivity contribution is -0.384. The molecule has 0 aliphatic rings. The van der Waals surface area contributed by atoms with Crippen LogP contribution in [0.1, 0.15) is 21.9 Å². The van der Waals surface area contributed by atoms with E-state index in [2.05, 4.69) is 0 Å². The Morgan fingerprint density at radius 1 is 1.48 bits per heavy atom. The van der Waals surface area contributed by atoms with E-state index >= 15 is 0 Å². The van der Waals surface area contributed by atoms with Crippen LogP contribution < -0.4 is 4.74 Å². The highest BCUT2D eigenvalue weighted by Crippen LogP contribution is 2.29. The minimum Gasteiger partial charge on any atom is -0.484 e. The molecule has 0 radical (unpaired) electrons. The standard InChI is InChI=1S/C13H10ClNO6/c1-7-4-9(21-12(7)13(16)17)6-20-11-5-8(15(18)19)2-3-10(11)14/h2-5H,6H2,1H3,(H,16,17). The van der Waals surface area contributed by atoms with Crippen LogP contribution in [0.4, 0.5) is 5.69 Å². The number of hydrogen-bond acceptors (Lipinski definition) is 5. The lowest BCUT2D eigenvalue weighted by Crippen LogP contribution is -1.97. The Kier molecular flexibility index (Phi) is 4.13. The number of carboxylic acids is 1. The molecule has 1 aromatic carbocycles. The van der Waals surface area contributed by atoms with Crippen molar-refractivity contribution in [1.82, 2.24) is 0 Å². The van der Waals surface area contributed by atoms with Crippen LogP contribution in [0.5, 0.6) is 5.75 Å². The summed E-state index contributed by atoms with van der Waals surface area (Å²) in [6.07, 6.45) is 0. The molecular weight excluding hydrogens is 302 g/mol. The molecule has 0 saturated heterocycles. The molecule has 0 atom stereocenters. The van der Waals surface area contributed by atoms with Crippen LogP contribution in [-0.4, -0.2) is 16.0 Å². The van der Waals surface area contributed by atoms with E-state index < -0.39 is 10.9 Å². The lowest BCUT2D eigenvalue weighted by Gasteiger charge is -2.05. The van der Waals surface area contributed by atoms with E-state index in [-0.39, 0.29) is 34.6 Å². The highest BCUT2D eigenvalue weighted by atomic mass is 35.5. The van der Waals surface area contributed by atoms with Crippen molar-refractivity contribution >= 4 is 23.3 Å². The van der Waals surface area contributed by atoms with E-state index in [1.165, 1.54) is 24.3 Å². The average Bonchev–Trinajstić information content (AvgIpc) is 2.79. The third-order valence-electron chi connectivity index (χ3n) is 2.66. The van der Waals surface area contributed by atoms with Crippen LogP contribution in [-0.2, 0) is 6.61 Å². The Bertz CT molecular complexity index is 709. The van der Waals surface area contributed by atoms with Gasteiger partial charge in [-0.3, -0.25) is 10.1 Å². The number of hydrogen-bond donors (Lipinski definition) is 1. The lowest BCUT2D eigenvalue weighted by atomic mass is 10.2. The van der Waals surface area contributed by atoms with Crippen LogP contribution in [0.3, 0.4) is 0 Å². The number of nitro groups is 1. The zero-order chi connectivity index (χ0) is 15.6. The normalized spacial score (nSPS) is 10.4. The van der Waals surface area contributed by atoms with Crippen LogP contribution in [0.25, 0.3) is 0 Å². The van der Waals surface area contributed by atoms with Gasteiger partial charge in [-0.15, -0.1) is 0 Å². The predicted molar refractivity (Wildman–Crippen MR) is 72.8 cm³/mol. The zero-order valence-electron chi connectivity index (χ0n) is 10.8. The fraction of sp³-hybridized carbons (Fsp3) is 0.154. The number of rotatable bonds is 5. The number of aryl methyl sites for hydroxylation is 1. The van der Waals surface area contributed by atoms with Gasteiger partial charge in [-0.05, 0) is 19.1 Å². The molecule has 0 aliphatic carbocycles. The molecular formula is C13H10ClNO6. The molecule has 0 fully saturated rings. The number of nitro benzene ring substituents is 1. The summed E-state index contributed by atoms with van der Waals surface area (Å²) in [7, 11) is 0. The smallest absolute Gasteiger partial charge is 0.372 e. The fourth-order valence-electron chi connectivity index (χ4n) is 1.70. The van der Waals surface area contributed by atoms with Crippen molar-refractivity contribution in [1.29, 1.82) is 0 Å². The van der Waals surface area contributed by atoms with E-state index in [4.69, 9.17) is 25.9 Å². The third kappa shape index (κ3) is 3.32. The summed E-state index contributed by atoms with van der Waals surface area (Å²) in [4.78, 5) is 21.0. The second-order valence-corrected chi connectivity index (χ2v) is 4.60. The SMILES string of the molecule is Cc1cc(COc2cc([N+](=O)[O-])ccc2Cl)oc1C(=O)O. The molecule has 1 heterocycles. The van der Waals surface area contributed by atoms with Crippen LogP contribution in [0, 0.1) is 17.0 Å². The van der Waals surface area contributed by atoms with Crippen molar-refractivity contribution in [2.24, 2.45) is 0 Å². The summed E-state index contributed by atoms with van der Waals surface area (Å²) in [5, 5.41) is 19.8. The number of furan rings is 1. The second kappa shape index (κ2) is 5.84. The summed E-state index contributed by atoms with van der Waals surface area (Å²) < 4.78 is 10.5. The Hall–Kier alpha value is -2.54.